The molecule has 0 N–H and O–H groups in total. The Bertz CT molecular complexity index is 2300. The summed E-state index contributed by atoms with van der Waals surface area (Å²) in [4.78, 5) is 10.0. The number of hydrogen-bond acceptors (Lipinski definition) is 10. The number of benzene rings is 2. The van der Waals surface area contributed by atoms with E-state index in [9.17, 15) is 0 Å². The van der Waals surface area contributed by atoms with Gasteiger partial charge in [0.2, 0.25) is 0 Å². The molecule has 0 fully saturated rings. The maximum absolute atomic E-state index is 5.00. The lowest BCUT2D eigenvalue weighted by Gasteiger charge is -2.10. The lowest BCUT2D eigenvalue weighted by atomic mass is 9.97. The van der Waals surface area contributed by atoms with E-state index in [1.165, 1.54) is 0 Å². The minimum absolute atomic E-state index is 0.731. The highest BCUT2D eigenvalue weighted by molar-refractivity contribution is 5.79. The standard InChI is InChI=1S/C46H52N14/c1-5-9-21-57-29-43(49-53-57)39-25-37(26-40(47-39)44-30-58(54-50-44)22-10-6-2)35-17-13-33(14-18-35)34-15-19-36(20-16-34)38-27-41(45-31-59(55-51-45)23-11-7-3)48-42(28-38)46-32-60(56-52-46)24-12-8-4/h13-20,25-32H,5-12,21-24H2,1-4H3. The minimum atomic E-state index is 0.731. The summed E-state index contributed by atoms with van der Waals surface area (Å²) < 4.78 is 7.57. The first-order chi connectivity index (χ1) is 29.5. The molecule has 0 atom stereocenters. The van der Waals surface area contributed by atoms with Crippen LogP contribution in [0.3, 0.4) is 0 Å². The van der Waals surface area contributed by atoms with Crippen molar-refractivity contribution >= 4 is 0 Å². The van der Waals surface area contributed by atoms with Crippen LogP contribution in [0.5, 0.6) is 0 Å². The normalized spacial score (nSPS) is 11.5. The van der Waals surface area contributed by atoms with Crippen LogP contribution in [0.4, 0.5) is 0 Å². The molecule has 0 saturated carbocycles. The SMILES string of the molecule is CCCCn1cc(-c2cc(-c3ccc(-c4ccc(-c5cc(-c6cn(CCCC)nn6)nc(-c6cn(CCCC)nn6)c5)cc4)cc3)cc(-c3cn(CCCC)nn3)n2)nn1. The Morgan fingerprint density at radius 2 is 0.550 bits per heavy atom. The van der Waals surface area contributed by atoms with E-state index in [0.29, 0.717) is 0 Å². The Labute approximate surface area is 350 Å². The molecule has 6 heterocycles. The number of nitrogens with zero attached hydrogens (tertiary/aromatic N) is 14. The molecule has 14 heteroatoms. The van der Waals surface area contributed by atoms with E-state index in [1.54, 1.807) is 0 Å². The van der Waals surface area contributed by atoms with E-state index in [1.807, 2.05) is 43.5 Å². The van der Waals surface area contributed by atoms with Gasteiger partial charge in [-0.05, 0) is 83.3 Å². The van der Waals surface area contributed by atoms with Crippen LogP contribution in [0.15, 0.2) is 97.6 Å². The lowest BCUT2D eigenvalue weighted by molar-refractivity contribution is 0.553. The predicted octanol–water partition coefficient (Wildman–Crippen LogP) is 9.71. The minimum Gasteiger partial charge on any atom is -0.252 e. The van der Waals surface area contributed by atoms with Gasteiger partial charge in [0.05, 0.1) is 47.6 Å². The van der Waals surface area contributed by atoms with Gasteiger partial charge in [0.25, 0.3) is 0 Å². The van der Waals surface area contributed by atoms with Crippen LogP contribution in [-0.4, -0.2) is 69.9 Å². The molecule has 2 aromatic carbocycles. The van der Waals surface area contributed by atoms with Crippen LogP contribution >= 0.6 is 0 Å². The molecule has 0 unspecified atom stereocenters. The maximum atomic E-state index is 5.00. The first kappa shape index (κ1) is 40.1. The topological polar surface area (TPSA) is 149 Å². The first-order valence-corrected chi connectivity index (χ1v) is 21.4. The van der Waals surface area contributed by atoms with Crippen molar-refractivity contribution in [2.45, 2.75) is 105 Å². The molecule has 0 aliphatic rings. The van der Waals surface area contributed by atoms with E-state index in [4.69, 9.17) is 9.97 Å². The Morgan fingerprint density at radius 1 is 0.317 bits per heavy atom. The van der Waals surface area contributed by atoms with Gasteiger partial charge in [-0.15, -0.1) is 20.4 Å². The van der Waals surface area contributed by atoms with Crippen LogP contribution in [-0.2, 0) is 26.2 Å². The molecule has 0 aliphatic carbocycles. The zero-order chi connectivity index (χ0) is 41.3. The molecule has 0 bridgehead atoms. The van der Waals surface area contributed by atoms with Gasteiger partial charge < -0.3 is 0 Å². The quantitative estimate of drug-likeness (QED) is 0.0774. The molecule has 0 spiro atoms. The van der Waals surface area contributed by atoms with E-state index in [-0.39, 0.29) is 0 Å². The van der Waals surface area contributed by atoms with Crippen LogP contribution in [0.25, 0.3) is 78.9 Å². The molecule has 0 radical (unpaired) electrons. The third-order valence-corrected chi connectivity index (χ3v) is 10.6. The van der Waals surface area contributed by atoms with Crippen molar-refractivity contribution in [3.05, 3.63) is 97.6 Å². The molecule has 14 nitrogen and oxygen atoms in total. The van der Waals surface area contributed by atoms with Crippen molar-refractivity contribution in [1.82, 2.24) is 69.9 Å². The third kappa shape index (κ3) is 9.43. The van der Waals surface area contributed by atoms with Crippen molar-refractivity contribution < 1.29 is 0 Å². The van der Waals surface area contributed by atoms with Gasteiger partial charge in [0.15, 0.2) is 0 Å². The molecule has 6 aromatic heterocycles. The highest BCUT2D eigenvalue weighted by atomic mass is 15.4. The second kappa shape index (κ2) is 18.9. The highest BCUT2D eigenvalue weighted by Crippen LogP contribution is 2.33. The molecule has 0 amide bonds. The van der Waals surface area contributed by atoms with Crippen LogP contribution < -0.4 is 0 Å². The van der Waals surface area contributed by atoms with Gasteiger partial charge in [0.1, 0.15) is 22.8 Å². The predicted molar refractivity (Wildman–Crippen MR) is 234 cm³/mol. The Balaban J connectivity index is 1.08. The molecule has 0 aliphatic heterocycles. The number of pyridine rings is 2. The average molecular weight is 801 g/mol. The monoisotopic (exact) mass is 800 g/mol. The summed E-state index contributed by atoms with van der Waals surface area (Å²) in [5.41, 5.74) is 12.3. The largest absolute Gasteiger partial charge is 0.252 e. The molecule has 8 rings (SSSR count). The van der Waals surface area contributed by atoms with Gasteiger partial charge in [-0.1, -0.05) is 123 Å². The Hall–Kier alpha value is -6.70. The molecule has 0 saturated heterocycles. The van der Waals surface area contributed by atoms with Gasteiger partial charge in [-0.25, -0.2) is 9.97 Å². The summed E-state index contributed by atoms with van der Waals surface area (Å²) in [6.07, 6.45) is 16.4. The summed E-state index contributed by atoms with van der Waals surface area (Å²) in [7, 11) is 0. The summed E-state index contributed by atoms with van der Waals surface area (Å²) >= 11 is 0. The molecular formula is C46H52N14. The fourth-order valence-corrected chi connectivity index (χ4v) is 7.01. The van der Waals surface area contributed by atoms with Crippen molar-refractivity contribution in [2.24, 2.45) is 0 Å². The summed E-state index contributed by atoms with van der Waals surface area (Å²) in [5.74, 6) is 0. The number of unbranched alkanes of at least 4 members (excludes halogenated alkanes) is 4. The van der Waals surface area contributed by atoms with Crippen molar-refractivity contribution in [3.8, 4) is 78.9 Å². The Morgan fingerprint density at radius 3 is 0.783 bits per heavy atom. The first-order valence-electron chi connectivity index (χ1n) is 21.4. The smallest absolute Gasteiger partial charge is 0.131 e. The van der Waals surface area contributed by atoms with Crippen molar-refractivity contribution in [2.75, 3.05) is 0 Å². The second-order valence-electron chi connectivity index (χ2n) is 15.3. The third-order valence-electron chi connectivity index (χ3n) is 10.6. The summed E-state index contributed by atoms with van der Waals surface area (Å²) in [5, 5.41) is 35.5. The van der Waals surface area contributed by atoms with Crippen LogP contribution in [0.1, 0.15) is 79.1 Å². The highest BCUT2D eigenvalue weighted by Gasteiger charge is 2.16. The zero-order valence-electron chi connectivity index (χ0n) is 35.0. The van der Waals surface area contributed by atoms with Crippen LogP contribution in [0.2, 0.25) is 0 Å². The number of rotatable bonds is 19. The average Bonchev–Trinajstić information content (AvgIpc) is 4.14. The van der Waals surface area contributed by atoms with E-state index < -0.39 is 0 Å². The maximum Gasteiger partial charge on any atom is 0.131 e. The van der Waals surface area contributed by atoms with Gasteiger partial charge in [-0.3, -0.25) is 18.7 Å². The number of aromatic nitrogens is 14. The summed E-state index contributed by atoms with van der Waals surface area (Å²) in [6, 6.07) is 25.6. The number of aryl methyl sites for hydroxylation is 4. The van der Waals surface area contributed by atoms with Gasteiger partial charge >= 0.3 is 0 Å². The summed E-state index contributed by atoms with van der Waals surface area (Å²) in [6.45, 7) is 12.0. The van der Waals surface area contributed by atoms with Crippen molar-refractivity contribution in [3.63, 3.8) is 0 Å². The second-order valence-corrected chi connectivity index (χ2v) is 15.3. The van der Waals surface area contributed by atoms with E-state index >= 15 is 0 Å². The van der Waals surface area contributed by atoms with E-state index in [0.717, 1.165) is 156 Å². The van der Waals surface area contributed by atoms with Crippen molar-refractivity contribution in [1.29, 1.82) is 0 Å². The van der Waals surface area contributed by atoms with E-state index in [2.05, 4.69) is 142 Å². The number of hydrogen-bond donors (Lipinski definition) is 0. The molecule has 8 aromatic rings. The zero-order valence-corrected chi connectivity index (χ0v) is 35.0. The fraction of sp³-hybridized carbons (Fsp3) is 0.348. The fourth-order valence-electron chi connectivity index (χ4n) is 7.01. The molecule has 306 valence electrons. The Kier molecular flexibility index (Phi) is 12.6. The van der Waals surface area contributed by atoms with Gasteiger partial charge in [0, 0.05) is 26.2 Å². The van der Waals surface area contributed by atoms with Gasteiger partial charge in [-0.2, -0.15) is 0 Å². The molecule has 60 heavy (non-hydrogen) atoms. The van der Waals surface area contributed by atoms with Crippen LogP contribution in [0, 0.1) is 0 Å². The molecular weight excluding hydrogens is 749 g/mol. The lowest BCUT2D eigenvalue weighted by Crippen LogP contribution is -1.97.